The highest BCUT2D eigenvalue weighted by molar-refractivity contribution is 7.09. The van der Waals surface area contributed by atoms with Crippen LogP contribution in [0.15, 0.2) is 11.6 Å². The van der Waals surface area contributed by atoms with Crippen molar-refractivity contribution in [3.8, 4) is 0 Å². The van der Waals surface area contributed by atoms with Crippen molar-refractivity contribution in [3.05, 3.63) is 16.6 Å². The molecule has 7 heteroatoms. The molecule has 0 bridgehead atoms. The summed E-state index contributed by atoms with van der Waals surface area (Å²) in [7, 11) is 0. The van der Waals surface area contributed by atoms with Gasteiger partial charge in [0.1, 0.15) is 10.5 Å². The van der Waals surface area contributed by atoms with Crippen LogP contribution in [0.5, 0.6) is 0 Å². The number of urea groups is 1. The number of imide groups is 1. The molecule has 0 radical (unpaired) electrons. The number of carbonyl (C=O) groups is 2. The Labute approximate surface area is 128 Å². The minimum atomic E-state index is -0.805. The molecule has 1 aromatic heterocycles. The summed E-state index contributed by atoms with van der Waals surface area (Å²) in [5, 5.41) is 9.06. The number of rotatable bonds is 6. The number of nitrogens with one attached hydrogen (secondary N) is 2. The Bertz CT molecular complexity index is 529. The summed E-state index contributed by atoms with van der Waals surface area (Å²) in [6, 6.07) is -0.320. The van der Waals surface area contributed by atoms with Gasteiger partial charge in [-0.1, -0.05) is 6.92 Å². The van der Waals surface area contributed by atoms with Gasteiger partial charge in [0.05, 0.1) is 5.54 Å². The van der Waals surface area contributed by atoms with Gasteiger partial charge in [-0.15, -0.1) is 11.3 Å². The summed E-state index contributed by atoms with van der Waals surface area (Å²) in [5.74, 6) is -0.179. The number of hydrogen-bond donors (Lipinski definition) is 2. The third-order valence-corrected chi connectivity index (χ3v) is 4.94. The van der Waals surface area contributed by atoms with E-state index in [-0.39, 0.29) is 17.5 Å². The summed E-state index contributed by atoms with van der Waals surface area (Å²) >= 11 is 1.60. The molecule has 2 rings (SSSR count). The predicted octanol–water partition coefficient (Wildman–Crippen LogP) is 1.69. The minimum Gasteiger partial charge on any atom is -0.324 e. The van der Waals surface area contributed by atoms with E-state index in [9.17, 15) is 9.59 Å². The van der Waals surface area contributed by atoms with E-state index >= 15 is 0 Å². The third-order valence-electron chi connectivity index (χ3n) is 3.91. The maximum atomic E-state index is 12.1. The molecule has 3 amide bonds. The molecule has 2 N–H and O–H groups in total. The second-order valence-corrected chi connectivity index (χ2v) is 6.86. The first kappa shape index (κ1) is 15.9. The van der Waals surface area contributed by atoms with Crippen LogP contribution in [0, 0.1) is 0 Å². The van der Waals surface area contributed by atoms with Crippen molar-refractivity contribution in [2.45, 2.75) is 45.2 Å². The smallest absolute Gasteiger partial charge is 0.324 e. The Kier molecular flexibility index (Phi) is 4.34. The summed E-state index contributed by atoms with van der Waals surface area (Å²) in [4.78, 5) is 29.5. The Morgan fingerprint density at radius 2 is 2.19 bits per heavy atom. The van der Waals surface area contributed by atoms with E-state index in [2.05, 4.69) is 29.5 Å². The predicted molar refractivity (Wildman–Crippen MR) is 82.1 cm³/mol. The van der Waals surface area contributed by atoms with Crippen LogP contribution in [0.25, 0.3) is 0 Å². The van der Waals surface area contributed by atoms with Crippen molar-refractivity contribution in [2.75, 3.05) is 13.1 Å². The van der Waals surface area contributed by atoms with Gasteiger partial charge in [0, 0.05) is 24.7 Å². The lowest BCUT2D eigenvalue weighted by molar-refractivity contribution is -0.130. The average Bonchev–Trinajstić information content (AvgIpc) is 3.01. The highest BCUT2D eigenvalue weighted by atomic mass is 32.1. The Morgan fingerprint density at radius 1 is 1.48 bits per heavy atom. The maximum absolute atomic E-state index is 12.1. The van der Waals surface area contributed by atoms with Gasteiger partial charge in [-0.3, -0.25) is 9.69 Å². The third kappa shape index (κ3) is 3.08. The zero-order valence-corrected chi connectivity index (χ0v) is 13.7. The Morgan fingerprint density at radius 3 is 2.67 bits per heavy atom. The summed E-state index contributed by atoms with van der Waals surface area (Å²) in [5.41, 5.74) is -1.04. The first-order chi connectivity index (χ1) is 9.80. The molecule has 1 aliphatic rings. The van der Waals surface area contributed by atoms with E-state index in [1.807, 2.05) is 5.38 Å². The van der Waals surface area contributed by atoms with Crippen LogP contribution in [-0.4, -0.2) is 40.5 Å². The molecule has 21 heavy (non-hydrogen) atoms. The van der Waals surface area contributed by atoms with E-state index in [1.54, 1.807) is 31.4 Å². The largest absolute Gasteiger partial charge is 0.325 e. The number of aromatic nitrogens is 1. The van der Waals surface area contributed by atoms with Crippen LogP contribution in [0.2, 0.25) is 0 Å². The van der Waals surface area contributed by atoms with Crippen LogP contribution in [0.1, 0.15) is 39.1 Å². The molecule has 1 aromatic rings. The number of nitrogens with zero attached hydrogens (tertiary/aromatic N) is 2. The lowest BCUT2D eigenvalue weighted by Gasteiger charge is -2.28. The van der Waals surface area contributed by atoms with E-state index in [1.165, 1.54) is 4.90 Å². The molecule has 0 saturated carbocycles. The van der Waals surface area contributed by atoms with Crippen LogP contribution in [0.4, 0.5) is 4.79 Å². The average molecular weight is 310 g/mol. The van der Waals surface area contributed by atoms with Crippen molar-refractivity contribution >= 4 is 23.3 Å². The maximum Gasteiger partial charge on any atom is 0.325 e. The van der Waals surface area contributed by atoms with E-state index in [0.717, 1.165) is 11.4 Å². The van der Waals surface area contributed by atoms with E-state index < -0.39 is 5.54 Å². The zero-order chi connectivity index (χ0) is 15.7. The zero-order valence-electron chi connectivity index (χ0n) is 12.9. The van der Waals surface area contributed by atoms with E-state index in [4.69, 9.17) is 0 Å². The topological polar surface area (TPSA) is 74.3 Å². The van der Waals surface area contributed by atoms with Gasteiger partial charge >= 0.3 is 6.03 Å². The van der Waals surface area contributed by atoms with Crippen molar-refractivity contribution in [1.29, 1.82) is 0 Å². The summed E-state index contributed by atoms with van der Waals surface area (Å²) in [6.45, 7) is 8.50. The van der Waals surface area contributed by atoms with Crippen molar-refractivity contribution < 1.29 is 9.59 Å². The number of amides is 3. The van der Waals surface area contributed by atoms with Gasteiger partial charge < -0.3 is 10.6 Å². The molecule has 0 aliphatic carbocycles. The molecule has 1 atom stereocenters. The molecule has 1 fully saturated rings. The lowest BCUT2D eigenvalue weighted by Crippen LogP contribution is -2.45. The minimum absolute atomic E-state index is 0.179. The SMILES string of the molecule is CCC(C)(NCCN1C(=O)NC(C)(C)C1=O)c1nccs1. The second-order valence-electron chi connectivity index (χ2n) is 5.96. The molecule has 1 unspecified atom stereocenters. The highest BCUT2D eigenvalue weighted by Gasteiger charge is 2.44. The van der Waals surface area contributed by atoms with Gasteiger partial charge in [0.25, 0.3) is 5.91 Å². The van der Waals surface area contributed by atoms with Gasteiger partial charge in [0.2, 0.25) is 0 Å². The molecule has 0 aromatic carbocycles. The molecular formula is C14H22N4O2S. The Hall–Kier alpha value is -1.47. The highest BCUT2D eigenvalue weighted by Crippen LogP contribution is 2.26. The molecule has 1 saturated heterocycles. The van der Waals surface area contributed by atoms with Crippen LogP contribution in [0.3, 0.4) is 0 Å². The fourth-order valence-electron chi connectivity index (χ4n) is 2.31. The van der Waals surface area contributed by atoms with Gasteiger partial charge in [-0.05, 0) is 27.2 Å². The van der Waals surface area contributed by atoms with Gasteiger partial charge in [0.15, 0.2) is 0 Å². The number of hydrogen-bond acceptors (Lipinski definition) is 5. The van der Waals surface area contributed by atoms with Gasteiger partial charge in [-0.2, -0.15) is 0 Å². The van der Waals surface area contributed by atoms with Crippen molar-refractivity contribution in [3.63, 3.8) is 0 Å². The summed E-state index contributed by atoms with van der Waals surface area (Å²) in [6.07, 6.45) is 2.67. The molecule has 0 spiro atoms. The van der Waals surface area contributed by atoms with E-state index in [0.29, 0.717) is 13.1 Å². The second kappa shape index (κ2) is 5.73. The summed E-state index contributed by atoms with van der Waals surface area (Å²) < 4.78 is 0. The normalized spacial score (nSPS) is 20.5. The molecule has 6 nitrogen and oxygen atoms in total. The Balaban J connectivity index is 1.95. The quantitative estimate of drug-likeness (QED) is 0.784. The fourth-order valence-corrected chi connectivity index (χ4v) is 3.16. The fraction of sp³-hybridized carbons (Fsp3) is 0.643. The van der Waals surface area contributed by atoms with Crippen molar-refractivity contribution in [2.24, 2.45) is 0 Å². The number of carbonyl (C=O) groups excluding carboxylic acids is 2. The standard InChI is InChI=1S/C14H22N4O2S/c1-5-14(4,10-15-7-9-21-10)16-6-8-18-11(19)13(2,3)17-12(18)20/h7,9,16H,5-6,8H2,1-4H3,(H,17,20). The number of thiazole rings is 1. The molecule has 1 aliphatic heterocycles. The first-order valence-electron chi connectivity index (χ1n) is 7.09. The molecule has 2 heterocycles. The van der Waals surface area contributed by atoms with Crippen molar-refractivity contribution in [1.82, 2.24) is 20.5 Å². The van der Waals surface area contributed by atoms with Crippen LogP contribution in [-0.2, 0) is 10.3 Å². The lowest BCUT2D eigenvalue weighted by atomic mass is 10.00. The van der Waals surface area contributed by atoms with Gasteiger partial charge in [-0.25, -0.2) is 9.78 Å². The molecule has 116 valence electrons. The van der Waals surface area contributed by atoms with Crippen LogP contribution >= 0.6 is 11.3 Å². The monoisotopic (exact) mass is 310 g/mol. The first-order valence-corrected chi connectivity index (χ1v) is 7.97. The van der Waals surface area contributed by atoms with Crippen LogP contribution < -0.4 is 10.6 Å². The molecular weight excluding hydrogens is 288 g/mol.